The van der Waals surface area contributed by atoms with E-state index in [9.17, 15) is 8.42 Å². The van der Waals surface area contributed by atoms with Crippen LogP contribution in [-0.2, 0) is 15.8 Å². The molecule has 7 nitrogen and oxygen atoms in total. The summed E-state index contributed by atoms with van der Waals surface area (Å²) >= 11 is 5.96. The first-order chi connectivity index (χ1) is 13.4. The summed E-state index contributed by atoms with van der Waals surface area (Å²) in [5, 5.41) is 9.20. The van der Waals surface area contributed by atoms with Crippen molar-refractivity contribution in [3.8, 4) is 0 Å². The number of anilines is 2. The van der Waals surface area contributed by atoms with Crippen LogP contribution < -0.4 is 9.80 Å². The van der Waals surface area contributed by atoms with Crippen molar-refractivity contribution in [2.24, 2.45) is 0 Å². The fraction of sp³-hybridized carbons (Fsp3) is 0.474. The second kappa shape index (κ2) is 9.07. The van der Waals surface area contributed by atoms with Crippen LogP contribution in [0.2, 0.25) is 5.02 Å². The minimum Gasteiger partial charge on any atom is -0.356 e. The van der Waals surface area contributed by atoms with Crippen molar-refractivity contribution in [2.75, 3.05) is 49.1 Å². The molecule has 0 saturated carbocycles. The Balaban J connectivity index is 1.60. The van der Waals surface area contributed by atoms with Gasteiger partial charge < -0.3 is 9.80 Å². The fourth-order valence-corrected chi connectivity index (χ4v) is 5.04. The molecule has 1 saturated heterocycles. The molecule has 0 bridgehead atoms. The van der Waals surface area contributed by atoms with Crippen LogP contribution in [-0.4, -0.2) is 62.2 Å². The number of aromatic nitrogens is 2. The molecule has 1 aliphatic heterocycles. The zero-order valence-corrected chi connectivity index (χ0v) is 17.8. The number of rotatable bonds is 7. The summed E-state index contributed by atoms with van der Waals surface area (Å²) in [6.07, 6.45) is 0. The van der Waals surface area contributed by atoms with Crippen LogP contribution in [0.25, 0.3) is 0 Å². The largest absolute Gasteiger partial charge is 0.356 e. The predicted octanol–water partition coefficient (Wildman–Crippen LogP) is 2.63. The highest BCUT2D eigenvalue weighted by atomic mass is 35.5. The summed E-state index contributed by atoms with van der Waals surface area (Å²) in [5.41, 5.74) is 0.702. The molecular weight excluding hydrogens is 398 g/mol. The molecule has 0 unspecified atom stereocenters. The first kappa shape index (κ1) is 20.8. The molecule has 0 spiro atoms. The molecule has 0 atom stereocenters. The van der Waals surface area contributed by atoms with Gasteiger partial charge in [-0.1, -0.05) is 23.7 Å². The highest BCUT2D eigenvalue weighted by molar-refractivity contribution is 7.88. The third kappa shape index (κ3) is 4.92. The van der Waals surface area contributed by atoms with E-state index in [1.165, 1.54) is 0 Å². The van der Waals surface area contributed by atoms with Crippen molar-refractivity contribution in [1.29, 1.82) is 0 Å². The summed E-state index contributed by atoms with van der Waals surface area (Å²) in [6, 6.07) is 10.9. The Kier molecular flexibility index (Phi) is 6.74. The lowest BCUT2D eigenvalue weighted by Crippen LogP contribution is -2.49. The lowest BCUT2D eigenvalue weighted by atomic mass is 10.2. The van der Waals surface area contributed by atoms with E-state index in [2.05, 4.69) is 33.8 Å². The highest BCUT2D eigenvalue weighted by Crippen LogP contribution is 2.20. The Hall–Kier alpha value is -1.90. The van der Waals surface area contributed by atoms with E-state index in [0.717, 1.165) is 24.7 Å². The molecule has 1 aromatic heterocycles. The van der Waals surface area contributed by atoms with E-state index >= 15 is 0 Å². The molecule has 2 heterocycles. The Morgan fingerprint density at radius 3 is 2.32 bits per heavy atom. The molecule has 2 aromatic rings. The average molecular weight is 424 g/mol. The molecule has 0 amide bonds. The fourth-order valence-electron chi connectivity index (χ4n) is 3.33. The van der Waals surface area contributed by atoms with Crippen LogP contribution in [0.5, 0.6) is 0 Å². The minimum absolute atomic E-state index is 0.0358. The van der Waals surface area contributed by atoms with Gasteiger partial charge in [-0.3, -0.25) is 0 Å². The number of nitrogens with zero attached hydrogens (tertiary/aromatic N) is 5. The van der Waals surface area contributed by atoms with Gasteiger partial charge in [0, 0.05) is 44.3 Å². The molecule has 0 radical (unpaired) electrons. The second-order valence-corrected chi connectivity index (χ2v) is 9.10. The zero-order chi connectivity index (χ0) is 20.1. The lowest BCUT2D eigenvalue weighted by molar-refractivity contribution is 0.383. The first-order valence-corrected chi connectivity index (χ1v) is 11.5. The van der Waals surface area contributed by atoms with E-state index in [1.54, 1.807) is 28.6 Å². The van der Waals surface area contributed by atoms with Gasteiger partial charge >= 0.3 is 0 Å². The number of halogens is 1. The summed E-state index contributed by atoms with van der Waals surface area (Å²) < 4.78 is 27.0. The van der Waals surface area contributed by atoms with Crippen LogP contribution in [0, 0.1) is 0 Å². The molecule has 9 heteroatoms. The van der Waals surface area contributed by atoms with Crippen molar-refractivity contribution >= 4 is 33.3 Å². The topological polar surface area (TPSA) is 69.6 Å². The maximum absolute atomic E-state index is 12.7. The Morgan fingerprint density at radius 2 is 1.75 bits per heavy atom. The summed E-state index contributed by atoms with van der Waals surface area (Å²) in [5.74, 6) is 1.60. The number of piperazine rings is 1. The standard InChI is InChI=1S/C19H26ClN5O2S/c1-3-23(4-2)18-8-9-19(22-21-18)24-10-12-25(13-11-24)28(26,27)15-16-6-5-7-17(20)14-16/h5-9,14H,3-4,10-13,15H2,1-2H3. The van der Waals surface area contributed by atoms with Gasteiger partial charge in [0.25, 0.3) is 0 Å². The number of benzene rings is 1. The van der Waals surface area contributed by atoms with Crippen LogP contribution in [0.3, 0.4) is 0 Å². The molecule has 0 N–H and O–H groups in total. The van der Waals surface area contributed by atoms with Gasteiger partial charge in [0.2, 0.25) is 10.0 Å². The number of sulfonamides is 1. The van der Waals surface area contributed by atoms with Gasteiger partial charge in [-0.05, 0) is 43.7 Å². The van der Waals surface area contributed by atoms with Gasteiger partial charge in [-0.25, -0.2) is 8.42 Å². The van der Waals surface area contributed by atoms with E-state index < -0.39 is 10.0 Å². The number of hydrogen-bond donors (Lipinski definition) is 0. The molecule has 152 valence electrons. The van der Waals surface area contributed by atoms with E-state index in [0.29, 0.717) is 36.8 Å². The second-order valence-electron chi connectivity index (χ2n) is 6.69. The van der Waals surface area contributed by atoms with Crippen LogP contribution in [0.15, 0.2) is 36.4 Å². The van der Waals surface area contributed by atoms with Crippen molar-refractivity contribution in [3.05, 3.63) is 47.0 Å². The SMILES string of the molecule is CCN(CC)c1ccc(N2CCN(S(=O)(=O)Cc3cccc(Cl)c3)CC2)nn1. The predicted molar refractivity (Wildman–Crippen MR) is 113 cm³/mol. The van der Waals surface area contributed by atoms with E-state index in [4.69, 9.17) is 11.6 Å². The lowest BCUT2D eigenvalue weighted by Gasteiger charge is -2.34. The minimum atomic E-state index is -3.38. The number of hydrogen-bond acceptors (Lipinski definition) is 6. The zero-order valence-electron chi connectivity index (χ0n) is 16.3. The van der Waals surface area contributed by atoms with Crippen molar-refractivity contribution in [1.82, 2.24) is 14.5 Å². The van der Waals surface area contributed by atoms with E-state index in [-0.39, 0.29) is 5.75 Å². The Bertz CT molecular complexity index is 879. The smallest absolute Gasteiger partial charge is 0.218 e. The average Bonchev–Trinajstić information content (AvgIpc) is 2.69. The monoisotopic (exact) mass is 423 g/mol. The summed E-state index contributed by atoms with van der Waals surface area (Å²) in [7, 11) is -3.38. The van der Waals surface area contributed by atoms with Gasteiger partial charge in [0.1, 0.15) is 0 Å². The van der Waals surface area contributed by atoms with Gasteiger partial charge in [-0.2, -0.15) is 4.31 Å². The van der Waals surface area contributed by atoms with Crippen molar-refractivity contribution in [3.63, 3.8) is 0 Å². The molecule has 1 fully saturated rings. The third-order valence-corrected chi connectivity index (χ3v) is 7.00. The third-order valence-electron chi connectivity index (χ3n) is 4.92. The summed E-state index contributed by atoms with van der Waals surface area (Å²) in [4.78, 5) is 4.21. The molecule has 0 aliphatic carbocycles. The van der Waals surface area contributed by atoms with Crippen LogP contribution in [0.1, 0.15) is 19.4 Å². The normalized spacial score (nSPS) is 15.6. The summed E-state index contributed by atoms with van der Waals surface area (Å²) in [6.45, 7) is 7.98. The van der Waals surface area contributed by atoms with E-state index in [1.807, 2.05) is 12.1 Å². The van der Waals surface area contributed by atoms with Gasteiger partial charge in [0.15, 0.2) is 11.6 Å². The van der Waals surface area contributed by atoms with Crippen LogP contribution >= 0.6 is 11.6 Å². The van der Waals surface area contributed by atoms with Crippen LogP contribution in [0.4, 0.5) is 11.6 Å². The molecule has 1 aromatic carbocycles. The molecule has 1 aliphatic rings. The first-order valence-electron chi connectivity index (χ1n) is 9.49. The quantitative estimate of drug-likeness (QED) is 0.681. The maximum Gasteiger partial charge on any atom is 0.218 e. The maximum atomic E-state index is 12.7. The van der Waals surface area contributed by atoms with Gasteiger partial charge in [0.05, 0.1) is 5.75 Å². The molecule has 3 rings (SSSR count). The highest BCUT2D eigenvalue weighted by Gasteiger charge is 2.27. The Labute approximate surface area is 172 Å². The Morgan fingerprint density at radius 1 is 1.04 bits per heavy atom. The van der Waals surface area contributed by atoms with Gasteiger partial charge in [-0.15, -0.1) is 10.2 Å². The van der Waals surface area contributed by atoms with Crippen molar-refractivity contribution in [2.45, 2.75) is 19.6 Å². The van der Waals surface area contributed by atoms with Crippen molar-refractivity contribution < 1.29 is 8.42 Å². The molecule has 28 heavy (non-hydrogen) atoms. The molecular formula is C19H26ClN5O2S.